The Kier molecular flexibility index (Phi) is 7.36. The summed E-state index contributed by atoms with van der Waals surface area (Å²) in [5.41, 5.74) is 0.719. The van der Waals surface area contributed by atoms with Crippen molar-refractivity contribution in [1.29, 1.82) is 0 Å². The summed E-state index contributed by atoms with van der Waals surface area (Å²) in [6.45, 7) is 9.45. The lowest BCUT2D eigenvalue weighted by Gasteiger charge is -2.32. The molecule has 27 heavy (non-hydrogen) atoms. The molecule has 1 saturated heterocycles. The number of rotatable bonds is 7. The van der Waals surface area contributed by atoms with E-state index < -0.39 is 5.60 Å². The van der Waals surface area contributed by atoms with Gasteiger partial charge in [0.05, 0.1) is 20.3 Å². The monoisotopic (exact) mass is 378 g/mol. The van der Waals surface area contributed by atoms with Crippen molar-refractivity contribution in [3.8, 4) is 11.5 Å². The van der Waals surface area contributed by atoms with Crippen LogP contribution in [-0.4, -0.2) is 56.0 Å². The molecule has 0 saturated carbocycles. The summed E-state index contributed by atoms with van der Waals surface area (Å²) < 4.78 is 16.2. The molecular weight excluding hydrogens is 344 g/mol. The van der Waals surface area contributed by atoms with Crippen molar-refractivity contribution in [1.82, 2.24) is 10.2 Å². The molecule has 0 radical (unpaired) electrons. The van der Waals surface area contributed by atoms with E-state index in [1.807, 2.05) is 37.8 Å². The molecule has 0 aromatic heterocycles. The number of nitrogens with one attached hydrogen (secondary N) is 1. The van der Waals surface area contributed by atoms with Crippen LogP contribution in [-0.2, 0) is 11.2 Å². The zero-order valence-electron chi connectivity index (χ0n) is 17.5. The summed E-state index contributed by atoms with van der Waals surface area (Å²) in [7, 11) is 3.28. The van der Waals surface area contributed by atoms with Crippen LogP contribution in [0.4, 0.5) is 4.79 Å². The quantitative estimate of drug-likeness (QED) is 0.785. The van der Waals surface area contributed by atoms with Gasteiger partial charge < -0.3 is 24.4 Å². The van der Waals surface area contributed by atoms with E-state index >= 15 is 0 Å². The molecule has 152 valence electrons. The van der Waals surface area contributed by atoms with Crippen LogP contribution in [0, 0.1) is 0 Å². The first-order valence-corrected chi connectivity index (χ1v) is 9.69. The Bertz CT molecular complexity index is 627. The Morgan fingerprint density at radius 3 is 2.59 bits per heavy atom. The molecule has 0 spiro atoms. The third-order valence-electron chi connectivity index (χ3n) is 4.83. The highest BCUT2D eigenvalue weighted by Crippen LogP contribution is 2.28. The van der Waals surface area contributed by atoms with Gasteiger partial charge in [-0.1, -0.05) is 6.07 Å². The summed E-state index contributed by atoms with van der Waals surface area (Å²) in [6.07, 6.45) is 2.69. The second kappa shape index (κ2) is 9.31. The second-order valence-corrected chi connectivity index (χ2v) is 8.07. The first-order chi connectivity index (χ1) is 12.7. The van der Waals surface area contributed by atoms with E-state index in [1.54, 1.807) is 14.2 Å². The third-order valence-corrected chi connectivity index (χ3v) is 4.83. The molecular formula is C21H34N2O4. The SMILES string of the molecule is COc1ccc(CCN[C@H](C)[C@H]2CCCN2C(=O)OC(C)(C)C)cc1OC. The lowest BCUT2D eigenvalue weighted by molar-refractivity contribution is 0.0201. The van der Waals surface area contributed by atoms with Gasteiger partial charge in [-0.25, -0.2) is 4.79 Å². The average Bonchev–Trinajstić information content (AvgIpc) is 3.10. The molecule has 0 unspecified atom stereocenters. The summed E-state index contributed by atoms with van der Waals surface area (Å²) in [4.78, 5) is 14.3. The summed E-state index contributed by atoms with van der Waals surface area (Å²) in [6, 6.07) is 6.37. The van der Waals surface area contributed by atoms with Crippen LogP contribution in [0.25, 0.3) is 0 Å². The highest BCUT2D eigenvalue weighted by Gasteiger charge is 2.35. The molecule has 1 N–H and O–H groups in total. The fourth-order valence-corrected chi connectivity index (χ4v) is 3.48. The molecule has 6 heteroatoms. The average molecular weight is 379 g/mol. The number of likely N-dealkylation sites (tertiary alicyclic amines) is 1. The van der Waals surface area contributed by atoms with Crippen LogP contribution in [0.5, 0.6) is 11.5 Å². The molecule has 0 aliphatic carbocycles. The van der Waals surface area contributed by atoms with Crippen molar-refractivity contribution in [2.45, 2.75) is 64.6 Å². The van der Waals surface area contributed by atoms with Gasteiger partial charge in [0.1, 0.15) is 5.60 Å². The predicted molar refractivity (Wildman–Crippen MR) is 107 cm³/mol. The summed E-state index contributed by atoms with van der Waals surface area (Å²) in [5.74, 6) is 1.48. The molecule has 1 aromatic carbocycles. The number of hydrogen-bond acceptors (Lipinski definition) is 5. The van der Waals surface area contributed by atoms with E-state index in [4.69, 9.17) is 14.2 Å². The summed E-state index contributed by atoms with van der Waals surface area (Å²) >= 11 is 0. The number of benzene rings is 1. The molecule has 1 heterocycles. The number of nitrogens with zero attached hydrogens (tertiary/aromatic N) is 1. The smallest absolute Gasteiger partial charge is 0.410 e. The van der Waals surface area contributed by atoms with Crippen LogP contribution in [0.15, 0.2) is 18.2 Å². The van der Waals surface area contributed by atoms with Crippen LogP contribution >= 0.6 is 0 Å². The van der Waals surface area contributed by atoms with Gasteiger partial charge >= 0.3 is 6.09 Å². The number of methoxy groups -OCH3 is 2. The van der Waals surface area contributed by atoms with Gasteiger partial charge in [-0.3, -0.25) is 0 Å². The first-order valence-electron chi connectivity index (χ1n) is 9.69. The molecule has 1 aliphatic rings. The Morgan fingerprint density at radius 1 is 1.26 bits per heavy atom. The molecule has 2 atom stereocenters. The van der Waals surface area contributed by atoms with Crippen molar-refractivity contribution in [3.63, 3.8) is 0 Å². The summed E-state index contributed by atoms with van der Waals surface area (Å²) in [5, 5.41) is 3.57. The maximum atomic E-state index is 12.5. The molecule has 1 aliphatic heterocycles. The molecule has 1 aromatic rings. The Balaban J connectivity index is 1.87. The van der Waals surface area contributed by atoms with E-state index in [-0.39, 0.29) is 18.2 Å². The maximum Gasteiger partial charge on any atom is 0.410 e. The van der Waals surface area contributed by atoms with Crippen LogP contribution in [0.2, 0.25) is 0 Å². The van der Waals surface area contributed by atoms with Gasteiger partial charge in [-0.05, 0) is 71.2 Å². The molecule has 6 nitrogen and oxygen atoms in total. The van der Waals surface area contributed by atoms with Gasteiger partial charge in [-0.15, -0.1) is 0 Å². The van der Waals surface area contributed by atoms with Crippen molar-refractivity contribution in [3.05, 3.63) is 23.8 Å². The minimum Gasteiger partial charge on any atom is -0.493 e. The van der Waals surface area contributed by atoms with Crippen molar-refractivity contribution < 1.29 is 19.0 Å². The van der Waals surface area contributed by atoms with E-state index in [0.29, 0.717) is 0 Å². The van der Waals surface area contributed by atoms with Gasteiger partial charge in [-0.2, -0.15) is 0 Å². The third kappa shape index (κ3) is 6.03. The number of ether oxygens (including phenoxy) is 3. The number of hydrogen-bond donors (Lipinski definition) is 1. The normalized spacial score (nSPS) is 18.3. The minimum atomic E-state index is -0.464. The van der Waals surface area contributed by atoms with Gasteiger partial charge in [0.25, 0.3) is 0 Å². The number of amides is 1. The second-order valence-electron chi connectivity index (χ2n) is 8.07. The topological polar surface area (TPSA) is 60.0 Å². The Labute approximate surface area is 163 Å². The molecule has 1 fully saturated rings. The van der Waals surface area contributed by atoms with E-state index in [1.165, 1.54) is 5.56 Å². The van der Waals surface area contributed by atoms with E-state index in [9.17, 15) is 4.79 Å². The van der Waals surface area contributed by atoms with E-state index in [0.717, 1.165) is 43.9 Å². The minimum absolute atomic E-state index is 0.172. The van der Waals surface area contributed by atoms with Gasteiger partial charge in [0.15, 0.2) is 11.5 Å². The van der Waals surface area contributed by atoms with Crippen LogP contribution in [0.3, 0.4) is 0 Å². The van der Waals surface area contributed by atoms with Gasteiger partial charge in [0, 0.05) is 12.6 Å². The fraction of sp³-hybridized carbons (Fsp3) is 0.667. The molecule has 2 rings (SSSR count). The van der Waals surface area contributed by atoms with Crippen molar-refractivity contribution in [2.24, 2.45) is 0 Å². The maximum absolute atomic E-state index is 12.5. The molecule has 1 amide bonds. The predicted octanol–water partition coefficient (Wildman–Crippen LogP) is 3.62. The highest BCUT2D eigenvalue weighted by molar-refractivity contribution is 5.69. The number of carbonyl (C=O) groups is 1. The lowest BCUT2D eigenvalue weighted by atomic mass is 10.1. The zero-order valence-corrected chi connectivity index (χ0v) is 17.5. The van der Waals surface area contributed by atoms with Crippen LogP contribution < -0.4 is 14.8 Å². The van der Waals surface area contributed by atoms with Crippen molar-refractivity contribution >= 4 is 6.09 Å². The van der Waals surface area contributed by atoms with Gasteiger partial charge in [0.2, 0.25) is 0 Å². The largest absolute Gasteiger partial charge is 0.493 e. The molecule has 0 bridgehead atoms. The lowest BCUT2D eigenvalue weighted by Crippen LogP contribution is -2.49. The van der Waals surface area contributed by atoms with Crippen LogP contribution in [0.1, 0.15) is 46.1 Å². The Hall–Kier alpha value is -1.95. The zero-order chi connectivity index (χ0) is 20.0. The van der Waals surface area contributed by atoms with E-state index in [2.05, 4.69) is 18.3 Å². The number of carbonyl (C=O) groups excluding carboxylic acids is 1. The highest BCUT2D eigenvalue weighted by atomic mass is 16.6. The van der Waals surface area contributed by atoms with Crippen molar-refractivity contribution in [2.75, 3.05) is 27.3 Å². The first kappa shape index (κ1) is 21.4. The Morgan fingerprint density at radius 2 is 1.96 bits per heavy atom. The fourth-order valence-electron chi connectivity index (χ4n) is 3.48. The standard InChI is InChI=1S/C21H34N2O4/c1-15(17-8-7-13-23(17)20(24)27-21(2,3)4)22-12-11-16-9-10-18(25-5)19(14-16)26-6/h9-10,14-15,17,22H,7-8,11-13H2,1-6H3/t15-,17-/m1/s1.